The maximum Gasteiger partial charge on any atom is 0.236 e. The van der Waals surface area contributed by atoms with E-state index in [9.17, 15) is 9.90 Å². The van der Waals surface area contributed by atoms with Crippen LogP contribution in [0.4, 0.5) is 0 Å². The van der Waals surface area contributed by atoms with E-state index in [1.165, 1.54) is 0 Å². The van der Waals surface area contributed by atoms with Crippen molar-refractivity contribution >= 4 is 5.91 Å². The Morgan fingerprint density at radius 3 is 2.71 bits per heavy atom. The van der Waals surface area contributed by atoms with E-state index in [1.54, 1.807) is 4.90 Å². The number of hydrogen-bond acceptors (Lipinski definition) is 4. The number of amides is 1. The summed E-state index contributed by atoms with van der Waals surface area (Å²) in [5, 5.41) is 9.78. The molecule has 5 nitrogen and oxygen atoms in total. The van der Waals surface area contributed by atoms with Crippen molar-refractivity contribution < 1.29 is 14.6 Å². The summed E-state index contributed by atoms with van der Waals surface area (Å²) in [6.45, 7) is 6.86. The predicted octanol–water partition coefficient (Wildman–Crippen LogP) is -0.452. The van der Waals surface area contributed by atoms with Gasteiger partial charge in [0.05, 0.1) is 25.9 Å². The molecule has 1 N–H and O–H groups in total. The monoisotopic (exact) mass is 242 g/mol. The summed E-state index contributed by atoms with van der Waals surface area (Å²) in [7, 11) is 0. The Bertz CT molecular complexity index is 266. The Morgan fingerprint density at radius 1 is 1.35 bits per heavy atom. The molecule has 2 saturated heterocycles. The van der Waals surface area contributed by atoms with Gasteiger partial charge >= 0.3 is 0 Å². The Labute approximate surface area is 102 Å². The highest BCUT2D eigenvalue weighted by Crippen LogP contribution is 2.17. The molecule has 2 aliphatic heterocycles. The first-order chi connectivity index (χ1) is 8.16. The molecule has 17 heavy (non-hydrogen) atoms. The molecule has 0 saturated carbocycles. The van der Waals surface area contributed by atoms with Crippen molar-refractivity contribution in [2.75, 3.05) is 45.9 Å². The van der Waals surface area contributed by atoms with Crippen molar-refractivity contribution in [1.82, 2.24) is 9.80 Å². The second-order valence-corrected chi connectivity index (χ2v) is 5.06. The average molecular weight is 242 g/mol. The highest BCUT2D eigenvalue weighted by atomic mass is 16.5. The van der Waals surface area contributed by atoms with Gasteiger partial charge in [-0.2, -0.15) is 0 Å². The SMILES string of the molecule is CC1CCN(C(=O)CN2CCOCC2)CC1O. The van der Waals surface area contributed by atoms with Crippen molar-refractivity contribution in [2.45, 2.75) is 19.4 Å². The molecule has 0 aromatic rings. The number of morpholine rings is 1. The fraction of sp³-hybridized carbons (Fsp3) is 0.917. The first-order valence-electron chi connectivity index (χ1n) is 6.43. The maximum atomic E-state index is 12.1. The van der Waals surface area contributed by atoms with Gasteiger partial charge in [-0.25, -0.2) is 0 Å². The van der Waals surface area contributed by atoms with Crippen LogP contribution in [0.1, 0.15) is 13.3 Å². The van der Waals surface area contributed by atoms with Crippen molar-refractivity contribution in [3.63, 3.8) is 0 Å². The van der Waals surface area contributed by atoms with Crippen LogP contribution in [0.3, 0.4) is 0 Å². The third-order valence-electron chi connectivity index (χ3n) is 3.73. The number of hydrogen-bond donors (Lipinski definition) is 1. The van der Waals surface area contributed by atoms with Gasteiger partial charge in [0.15, 0.2) is 0 Å². The van der Waals surface area contributed by atoms with Gasteiger partial charge in [-0.15, -0.1) is 0 Å². The average Bonchev–Trinajstić information content (AvgIpc) is 2.34. The number of nitrogens with zero attached hydrogens (tertiary/aromatic N) is 2. The molecule has 2 aliphatic rings. The molecular formula is C12H22N2O3. The number of ether oxygens (including phenoxy) is 1. The van der Waals surface area contributed by atoms with E-state index in [2.05, 4.69) is 4.90 Å². The topological polar surface area (TPSA) is 53.0 Å². The summed E-state index contributed by atoms with van der Waals surface area (Å²) in [4.78, 5) is 16.0. The molecule has 0 aliphatic carbocycles. The molecule has 0 bridgehead atoms. The zero-order chi connectivity index (χ0) is 12.3. The summed E-state index contributed by atoms with van der Waals surface area (Å²) in [6, 6.07) is 0. The summed E-state index contributed by atoms with van der Waals surface area (Å²) in [5.41, 5.74) is 0. The van der Waals surface area contributed by atoms with Crippen molar-refractivity contribution in [3.05, 3.63) is 0 Å². The first-order valence-corrected chi connectivity index (χ1v) is 6.43. The second kappa shape index (κ2) is 5.80. The Kier molecular flexibility index (Phi) is 4.36. The van der Waals surface area contributed by atoms with Crippen molar-refractivity contribution in [2.24, 2.45) is 5.92 Å². The highest BCUT2D eigenvalue weighted by Gasteiger charge is 2.28. The van der Waals surface area contributed by atoms with E-state index < -0.39 is 0 Å². The smallest absolute Gasteiger partial charge is 0.236 e. The molecule has 0 radical (unpaired) electrons. The molecule has 2 rings (SSSR count). The molecule has 2 heterocycles. The number of carbonyl (C=O) groups excluding carboxylic acids is 1. The van der Waals surface area contributed by atoms with E-state index in [0.29, 0.717) is 32.2 Å². The van der Waals surface area contributed by atoms with E-state index in [0.717, 1.165) is 26.1 Å². The third kappa shape index (κ3) is 3.40. The standard InChI is InChI=1S/C12H22N2O3/c1-10-2-3-14(8-11(10)15)12(16)9-13-4-6-17-7-5-13/h10-11,15H,2-9H2,1H3. The number of carbonyl (C=O) groups is 1. The summed E-state index contributed by atoms with van der Waals surface area (Å²) in [5.74, 6) is 0.445. The Balaban J connectivity index is 1.79. The predicted molar refractivity (Wildman–Crippen MR) is 63.6 cm³/mol. The number of β-amino-alcohol motifs (C(OH)–C–C–N with tert-alkyl or cyclic N) is 1. The van der Waals surface area contributed by atoms with Gasteiger partial charge in [0.25, 0.3) is 0 Å². The van der Waals surface area contributed by atoms with Crippen LogP contribution in [-0.4, -0.2) is 72.9 Å². The lowest BCUT2D eigenvalue weighted by atomic mass is 9.96. The van der Waals surface area contributed by atoms with Crippen LogP contribution < -0.4 is 0 Å². The third-order valence-corrected chi connectivity index (χ3v) is 3.73. The van der Waals surface area contributed by atoms with E-state index in [1.807, 2.05) is 6.92 Å². The van der Waals surface area contributed by atoms with Crippen LogP contribution in [0, 0.1) is 5.92 Å². The zero-order valence-corrected chi connectivity index (χ0v) is 10.5. The van der Waals surface area contributed by atoms with Gasteiger partial charge in [0.1, 0.15) is 0 Å². The Morgan fingerprint density at radius 2 is 2.06 bits per heavy atom. The molecule has 2 fully saturated rings. The second-order valence-electron chi connectivity index (χ2n) is 5.06. The van der Waals surface area contributed by atoms with Gasteiger partial charge in [-0.05, 0) is 12.3 Å². The Hall–Kier alpha value is -0.650. The van der Waals surface area contributed by atoms with Gasteiger partial charge in [-0.1, -0.05) is 6.92 Å². The molecule has 5 heteroatoms. The molecule has 0 aromatic heterocycles. The van der Waals surface area contributed by atoms with E-state index in [4.69, 9.17) is 4.74 Å². The van der Waals surface area contributed by atoms with Crippen LogP contribution >= 0.6 is 0 Å². The lowest BCUT2D eigenvalue weighted by molar-refractivity contribution is -0.137. The highest BCUT2D eigenvalue weighted by molar-refractivity contribution is 5.78. The minimum Gasteiger partial charge on any atom is -0.391 e. The molecule has 2 atom stereocenters. The lowest BCUT2D eigenvalue weighted by Crippen LogP contribution is -2.50. The molecule has 0 spiro atoms. The van der Waals surface area contributed by atoms with Crippen LogP contribution in [0.2, 0.25) is 0 Å². The fourth-order valence-electron chi connectivity index (χ4n) is 2.33. The number of aliphatic hydroxyl groups is 1. The number of likely N-dealkylation sites (tertiary alicyclic amines) is 1. The van der Waals surface area contributed by atoms with Crippen LogP contribution in [0.5, 0.6) is 0 Å². The normalized spacial score (nSPS) is 31.5. The van der Waals surface area contributed by atoms with Gasteiger partial charge in [0.2, 0.25) is 5.91 Å². The molecule has 1 amide bonds. The summed E-state index contributed by atoms with van der Waals surface area (Å²) < 4.78 is 5.25. The number of aliphatic hydroxyl groups excluding tert-OH is 1. The molecular weight excluding hydrogens is 220 g/mol. The van der Waals surface area contributed by atoms with Crippen LogP contribution in [-0.2, 0) is 9.53 Å². The van der Waals surface area contributed by atoms with E-state index in [-0.39, 0.29) is 12.0 Å². The van der Waals surface area contributed by atoms with Crippen molar-refractivity contribution in [3.8, 4) is 0 Å². The quantitative estimate of drug-likeness (QED) is 0.712. The van der Waals surface area contributed by atoms with Crippen molar-refractivity contribution in [1.29, 1.82) is 0 Å². The summed E-state index contributed by atoms with van der Waals surface area (Å²) in [6.07, 6.45) is 0.535. The minimum absolute atomic E-state index is 0.137. The number of piperidine rings is 1. The zero-order valence-electron chi connectivity index (χ0n) is 10.5. The van der Waals surface area contributed by atoms with Gasteiger partial charge in [0, 0.05) is 26.2 Å². The number of rotatable bonds is 2. The maximum absolute atomic E-state index is 12.1. The lowest BCUT2D eigenvalue weighted by Gasteiger charge is -2.36. The largest absolute Gasteiger partial charge is 0.391 e. The van der Waals surface area contributed by atoms with Crippen LogP contribution in [0.15, 0.2) is 0 Å². The molecule has 98 valence electrons. The molecule has 0 aromatic carbocycles. The fourth-order valence-corrected chi connectivity index (χ4v) is 2.33. The van der Waals surface area contributed by atoms with Crippen LogP contribution in [0.25, 0.3) is 0 Å². The minimum atomic E-state index is -0.364. The summed E-state index contributed by atoms with van der Waals surface area (Å²) >= 11 is 0. The van der Waals surface area contributed by atoms with Gasteiger partial charge in [-0.3, -0.25) is 9.69 Å². The first kappa shape index (κ1) is 12.8. The molecule has 2 unspecified atom stereocenters. The van der Waals surface area contributed by atoms with E-state index >= 15 is 0 Å². The van der Waals surface area contributed by atoms with Gasteiger partial charge < -0.3 is 14.7 Å².